The molecule has 4 rings (SSSR count). The van der Waals surface area contributed by atoms with E-state index in [9.17, 15) is 18.3 Å². The van der Waals surface area contributed by atoms with Gasteiger partial charge in [0, 0.05) is 30.5 Å². The van der Waals surface area contributed by atoms with Crippen LogP contribution in [0.4, 0.5) is 24.9 Å². The number of aliphatic hydroxyl groups excluding tert-OH is 1. The second-order valence-electron chi connectivity index (χ2n) is 7.83. The largest absolute Gasteiger partial charge is 0.421 e. The third-order valence-corrected chi connectivity index (χ3v) is 5.51. The van der Waals surface area contributed by atoms with E-state index in [0.717, 1.165) is 23.0 Å². The van der Waals surface area contributed by atoms with Crippen molar-refractivity contribution in [3.05, 3.63) is 66.0 Å². The van der Waals surface area contributed by atoms with Crippen LogP contribution in [-0.4, -0.2) is 32.2 Å². The van der Waals surface area contributed by atoms with E-state index in [1.165, 1.54) is 0 Å². The molecule has 0 aliphatic heterocycles. The fourth-order valence-electron chi connectivity index (χ4n) is 3.81. The number of nitrogens with zero attached hydrogens (tertiary/aromatic N) is 3. The zero-order valence-corrected chi connectivity index (χ0v) is 17.3. The van der Waals surface area contributed by atoms with E-state index >= 15 is 0 Å². The number of alkyl halides is 3. The SMILES string of the molecule is OC1CCC(Nc2nc(NCc3cccnc3-c3ccccc3)ncc2C(F)(F)F)CC1. The van der Waals surface area contributed by atoms with Gasteiger partial charge in [0.05, 0.1) is 11.8 Å². The summed E-state index contributed by atoms with van der Waals surface area (Å²) in [6, 6.07) is 13.2. The Bertz CT molecular complexity index is 1040. The van der Waals surface area contributed by atoms with Crippen LogP contribution in [0.2, 0.25) is 0 Å². The summed E-state index contributed by atoms with van der Waals surface area (Å²) < 4.78 is 40.5. The first-order valence-corrected chi connectivity index (χ1v) is 10.5. The van der Waals surface area contributed by atoms with Crippen molar-refractivity contribution in [3.63, 3.8) is 0 Å². The topological polar surface area (TPSA) is 83.0 Å². The Morgan fingerprint density at radius 3 is 2.44 bits per heavy atom. The molecule has 1 aromatic carbocycles. The van der Waals surface area contributed by atoms with Crippen molar-refractivity contribution in [2.75, 3.05) is 10.6 Å². The number of rotatable bonds is 6. The van der Waals surface area contributed by atoms with Crippen LogP contribution < -0.4 is 10.6 Å². The van der Waals surface area contributed by atoms with Crippen LogP contribution >= 0.6 is 0 Å². The normalized spacial score (nSPS) is 18.9. The highest BCUT2D eigenvalue weighted by molar-refractivity contribution is 5.63. The molecule has 3 aromatic rings. The summed E-state index contributed by atoms with van der Waals surface area (Å²) in [5.74, 6) is -0.148. The van der Waals surface area contributed by atoms with E-state index in [-0.39, 0.29) is 17.8 Å². The lowest BCUT2D eigenvalue weighted by molar-refractivity contribution is -0.137. The highest BCUT2D eigenvalue weighted by Crippen LogP contribution is 2.35. The van der Waals surface area contributed by atoms with Gasteiger partial charge in [-0.05, 0) is 37.3 Å². The molecule has 1 saturated carbocycles. The molecule has 3 N–H and O–H groups in total. The second kappa shape index (κ2) is 9.52. The number of aliphatic hydroxyl groups is 1. The van der Waals surface area contributed by atoms with Gasteiger partial charge in [0.15, 0.2) is 0 Å². The van der Waals surface area contributed by atoms with Crippen molar-refractivity contribution >= 4 is 11.8 Å². The van der Waals surface area contributed by atoms with Gasteiger partial charge in [-0.15, -0.1) is 0 Å². The molecule has 32 heavy (non-hydrogen) atoms. The number of anilines is 2. The standard InChI is InChI=1S/C23H24F3N5O/c24-23(25,26)19-14-29-22(31-21(19)30-17-8-10-18(32)11-9-17)28-13-16-7-4-12-27-20(16)15-5-2-1-3-6-15/h1-7,12,14,17-18,32H,8-11,13H2,(H2,28,29,30,31). The van der Waals surface area contributed by atoms with E-state index in [4.69, 9.17) is 0 Å². The summed E-state index contributed by atoms with van der Waals surface area (Å²) in [5, 5.41) is 15.6. The molecule has 2 heterocycles. The van der Waals surface area contributed by atoms with Crippen LogP contribution in [0.25, 0.3) is 11.3 Å². The molecular formula is C23H24F3N5O. The zero-order valence-electron chi connectivity index (χ0n) is 17.3. The molecule has 0 atom stereocenters. The fourth-order valence-corrected chi connectivity index (χ4v) is 3.81. The quantitative estimate of drug-likeness (QED) is 0.504. The first-order valence-electron chi connectivity index (χ1n) is 10.5. The van der Waals surface area contributed by atoms with Crippen molar-refractivity contribution in [2.24, 2.45) is 0 Å². The van der Waals surface area contributed by atoms with Gasteiger partial charge in [0.1, 0.15) is 11.4 Å². The molecule has 1 aliphatic carbocycles. The van der Waals surface area contributed by atoms with Crippen molar-refractivity contribution in [2.45, 2.75) is 50.6 Å². The number of pyridine rings is 1. The number of aromatic nitrogens is 3. The second-order valence-corrected chi connectivity index (χ2v) is 7.83. The lowest BCUT2D eigenvalue weighted by Crippen LogP contribution is -2.30. The molecule has 0 spiro atoms. The van der Waals surface area contributed by atoms with Gasteiger partial charge >= 0.3 is 6.18 Å². The van der Waals surface area contributed by atoms with Gasteiger partial charge in [-0.2, -0.15) is 18.2 Å². The highest BCUT2D eigenvalue weighted by atomic mass is 19.4. The van der Waals surface area contributed by atoms with Crippen molar-refractivity contribution in [3.8, 4) is 11.3 Å². The molecule has 0 saturated heterocycles. The van der Waals surface area contributed by atoms with Crippen LogP contribution in [-0.2, 0) is 12.7 Å². The number of nitrogens with one attached hydrogen (secondary N) is 2. The molecule has 9 heteroatoms. The lowest BCUT2D eigenvalue weighted by Gasteiger charge is -2.27. The Morgan fingerprint density at radius 2 is 1.72 bits per heavy atom. The van der Waals surface area contributed by atoms with Crippen molar-refractivity contribution in [1.82, 2.24) is 15.0 Å². The van der Waals surface area contributed by atoms with Crippen molar-refractivity contribution in [1.29, 1.82) is 0 Å². The molecule has 0 unspecified atom stereocenters. The summed E-state index contributed by atoms with van der Waals surface area (Å²) >= 11 is 0. The van der Waals surface area contributed by atoms with Crippen molar-refractivity contribution < 1.29 is 18.3 Å². The van der Waals surface area contributed by atoms with Gasteiger partial charge in [0.2, 0.25) is 5.95 Å². The minimum Gasteiger partial charge on any atom is -0.393 e. The third-order valence-electron chi connectivity index (χ3n) is 5.51. The molecule has 0 radical (unpaired) electrons. The monoisotopic (exact) mass is 443 g/mol. The van der Waals surface area contributed by atoms with Gasteiger partial charge in [0.25, 0.3) is 0 Å². The maximum atomic E-state index is 13.5. The van der Waals surface area contributed by atoms with E-state index in [2.05, 4.69) is 25.6 Å². The Hall–Kier alpha value is -3.20. The maximum Gasteiger partial charge on any atom is 0.421 e. The van der Waals surface area contributed by atoms with Gasteiger partial charge in [-0.25, -0.2) is 4.98 Å². The number of halogens is 3. The van der Waals surface area contributed by atoms with E-state index in [0.29, 0.717) is 32.2 Å². The summed E-state index contributed by atoms with van der Waals surface area (Å²) in [6.45, 7) is 0.304. The third kappa shape index (κ3) is 5.34. The maximum absolute atomic E-state index is 13.5. The molecule has 2 aromatic heterocycles. The first-order chi connectivity index (χ1) is 15.4. The average Bonchev–Trinajstić information content (AvgIpc) is 2.79. The lowest BCUT2D eigenvalue weighted by atomic mass is 9.93. The van der Waals surface area contributed by atoms with Crippen LogP contribution in [0.5, 0.6) is 0 Å². The highest BCUT2D eigenvalue weighted by Gasteiger charge is 2.36. The predicted molar refractivity (Wildman–Crippen MR) is 116 cm³/mol. The summed E-state index contributed by atoms with van der Waals surface area (Å²) in [6.07, 6.45) is -0.185. The Morgan fingerprint density at radius 1 is 0.969 bits per heavy atom. The van der Waals surface area contributed by atoms with E-state index < -0.39 is 17.8 Å². The summed E-state index contributed by atoms with van der Waals surface area (Å²) in [5.41, 5.74) is 1.70. The van der Waals surface area contributed by atoms with Gasteiger partial charge < -0.3 is 15.7 Å². The van der Waals surface area contributed by atoms with Gasteiger partial charge in [-0.1, -0.05) is 36.4 Å². The molecular weight excluding hydrogens is 419 g/mol. The number of hydrogen-bond donors (Lipinski definition) is 3. The molecule has 0 amide bonds. The first kappa shape index (κ1) is 22.0. The molecule has 168 valence electrons. The summed E-state index contributed by atoms with van der Waals surface area (Å²) in [4.78, 5) is 12.5. The van der Waals surface area contributed by atoms with Crippen LogP contribution in [0.1, 0.15) is 36.8 Å². The molecule has 1 aliphatic rings. The minimum atomic E-state index is -4.57. The smallest absolute Gasteiger partial charge is 0.393 e. The van der Waals surface area contributed by atoms with Gasteiger partial charge in [-0.3, -0.25) is 4.98 Å². The van der Waals surface area contributed by atoms with E-state index in [1.807, 2.05) is 42.5 Å². The van der Waals surface area contributed by atoms with Crippen LogP contribution in [0, 0.1) is 0 Å². The van der Waals surface area contributed by atoms with E-state index in [1.54, 1.807) is 6.20 Å². The Labute approximate surface area is 184 Å². The predicted octanol–water partition coefficient (Wildman–Crippen LogP) is 4.88. The summed E-state index contributed by atoms with van der Waals surface area (Å²) in [7, 11) is 0. The Balaban J connectivity index is 1.54. The average molecular weight is 443 g/mol. The number of hydrogen-bond acceptors (Lipinski definition) is 6. The zero-order chi connectivity index (χ0) is 22.6. The van der Waals surface area contributed by atoms with Crippen LogP contribution in [0.3, 0.4) is 0 Å². The molecule has 1 fully saturated rings. The Kier molecular flexibility index (Phi) is 6.55. The fraction of sp³-hybridized carbons (Fsp3) is 0.348. The van der Waals surface area contributed by atoms with Crippen LogP contribution in [0.15, 0.2) is 54.9 Å². The number of benzene rings is 1. The minimum absolute atomic E-state index is 0.0965. The molecule has 6 nitrogen and oxygen atoms in total. The molecule has 0 bridgehead atoms.